The predicted octanol–water partition coefficient (Wildman–Crippen LogP) is 3.46. The monoisotopic (exact) mass is 212 g/mol. The SMILES string of the molecule is O=C1CCC2C/C(=C\c3ccccc3)CC12. The van der Waals surface area contributed by atoms with Crippen molar-refractivity contribution in [2.24, 2.45) is 11.8 Å². The van der Waals surface area contributed by atoms with E-state index in [2.05, 4.69) is 30.3 Å². The molecule has 0 bridgehead atoms. The van der Waals surface area contributed by atoms with Crippen LogP contribution < -0.4 is 0 Å². The lowest BCUT2D eigenvalue weighted by atomic mass is 10.0. The first-order valence-corrected chi connectivity index (χ1v) is 6.10. The molecule has 0 aliphatic heterocycles. The lowest BCUT2D eigenvalue weighted by Gasteiger charge is -2.02. The molecule has 0 radical (unpaired) electrons. The van der Waals surface area contributed by atoms with Crippen LogP contribution in [0.5, 0.6) is 0 Å². The Morgan fingerprint density at radius 3 is 2.69 bits per heavy atom. The summed E-state index contributed by atoms with van der Waals surface area (Å²) < 4.78 is 0. The van der Waals surface area contributed by atoms with Gasteiger partial charge in [0.1, 0.15) is 5.78 Å². The quantitative estimate of drug-likeness (QED) is 0.696. The molecule has 2 saturated carbocycles. The normalized spacial score (nSPS) is 31.0. The number of hydrogen-bond acceptors (Lipinski definition) is 1. The highest BCUT2D eigenvalue weighted by Gasteiger charge is 2.39. The third-order valence-corrected chi connectivity index (χ3v) is 3.92. The summed E-state index contributed by atoms with van der Waals surface area (Å²) in [5.74, 6) is 1.51. The molecule has 16 heavy (non-hydrogen) atoms. The van der Waals surface area contributed by atoms with Crippen molar-refractivity contribution in [2.45, 2.75) is 25.7 Å². The van der Waals surface area contributed by atoms with E-state index in [1.54, 1.807) is 0 Å². The highest BCUT2D eigenvalue weighted by molar-refractivity contribution is 5.84. The Labute approximate surface area is 96.2 Å². The third kappa shape index (κ3) is 1.71. The Hall–Kier alpha value is -1.37. The van der Waals surface area contributed by atoms with Gasteiger partial charge in [-0.05, 0) is 30.7 Å². The van der Waals surface area contributed by atoms with Gasteiger partial charge in [0, 0.05) is 12.3 Å². The minimum atomic E-state index is 0.356. The Morgan fingerprint density at radius 2 is 1.94 bits per heavy atom. The fourth-order valence-corrected chi connectivity index (χ4v) is 3.11. The highest BCUT2D eigenvalue weighted by atomic mass is 16.1. The zero-order chi connectivity index (χ0) is 11.0. The van der Waals surface area contributed by atoms with Gasteiger partial charge in [0.25, 0.3) is 0 Å². The molecule has 3 rings (SSSR count). The lowest BCUT2D eigenvalue weighted by Crippen LogP contribution is -2.06. The number of ketones is 1. The van der Waals surface area contributed by atoms with Crippen molar-refractivity contribution in [3.05, 3.63) is 41.5 Å². The number of hydrogen-bond donors (Lipinski definition) is 0. The highest BCUT2D eigenvalue weighted by Crippen LogP contribution is 2.45. The number of fused-ring (bicyclic) bond motifs is 1. The second-order valence-electron chi connectivity index (χ2n) is 4.99. The molecule has 2 unspecified atom stereocenters. The smallest absolute Gasteiger partial charge is 0.136 e. The first-order chi connectivity index (χ1) is 7.83. The second-order valence-corrected chi connectivity index (χ2v) is 4.99. The average Bonchev–Trinajstić information content (AvgIpc) is 2.83. The van der Waals surface area contributed by atoms with E-state index in [9.17, 15) is 4.79 Å². The maximum absolute atomic E-state index is 11.6. The minimum Gasteiger partial charge on any atom is -0.299 e. The topological polar surface area (TPSA) is 17.1 Å². The van der Waals surface area contributed by atoms with Gasteiger partial charge >= 0.3 is 0 Å². The summed E-state index contributed by atoms with van der Waals surface area (Å²) in [6, 6.07) is 10.4. The van der Waals surface area contributed by atoms with Crippen LogP contribution in [0.2, 0.25) is 0 Å². The fourth-order valence-electron chi connectivity index (χ4n) is 3.11. The Bertz CT molecular complexity index is 430. The van der Waals surface area contributed by atoms with Crippen molar-refractivity contribution in [1.29, 1.82) is 0 Å². The Kier molecular flexibility index (Phi) is 2.39. The molecule has 0 heterocycles. The van der Waals surface area contributed by atoms with E-state index in [0.29, 0.717) is 17.6 Å². The predicted molar refractivity (Wildman–Crippen MR) is 64.9 cm³/mol. The molecule has 1 nitrogen and oxygen atoms in total. The molecule has 2 fully saturated rings. The van der Waals surface area contributed by atoms with Crippen LogP contribution in [-0.4, -0.2) is 5.78 Å². The van der Waals surface area contributed by atoms with Crippen molar-refractivity contribution in [3.63, 3.8) is 0 Å². The Morgan fingerprint density at radius 1 is 1.12 bits per heavy atom. The Balaban J connectivity index is 1.79. The summed E-state index contributed by atoms with van der Waals surface area (Å²) >= 11 is 0. The van der Waals surface area contributed by atoms with E-state index in [4.69, 9.17) is 0 Å². The molecule has 82 valence electrons. The molecule has 2 aliphatic carbocycles. The number of carbonyl (C=O) groups excluding carboxylic acids is 1. The van der Waals surface area contributed by atoms with Gasteiger partial charge in [-0.25, -0.2) is 0 Å². The van der Waals surface area contributed by atoms with Crippen LogP contribution in [0.1, 0.15) is 31.2 Å². The number of benzene rings is 1. The molecular formula is C15H16O. The zero-order valence-electron chi connectivity index (χ0n) is 9.36. The summed E-state index contributed by atoms with van der Waals surface area (Å²) in [6.45, 7) is 0. The van der Waals surface area contributed by atoms with E-state index in [1.165, 1.54) is 11.1 Å². The molecule has 0 N–H and O–H groups in total. The molecule has 1 aromatic carbocycles. The first kappa shape index (κ1) is 9.83. The van der Waals surface area contributed by atoms with Gasteiger partial charge < -0.3 is 0 Å². The number of carbonyl (C=O) groups is 1. The van der Waals surface area contributed by atoms with Crippen LogP contribution in [0.4, 0.5) is 0 Å². The summed E-state index contributed by atoms with van der Waals surface area (Å²) in [5.41, 5.74) is 2.74. The minimum absolute atomic E-state index is 0.356. The van der Waals surface area contributed by atoms with Crippen LogP contribution in [0.15, 0.2) is 35.9 Å². The van der Waals surface area contributed by atoms with Crippen molar-refractivity contribution in [1.82, 2.24) is 0 Å². The van der Waals surface area contributed by atoms with Crippen molar-refractivity contribution >= 4 is 11.9 Å². The number of Topliss-reactive ketones (excluding diaryl/α,β-unsaturated/α-hetero) is 1. The van der Waals surface area contributed by atoms with Crippen LogP contribution >= 0.6 is 0 Å². The van der Waals surface area contributed by atoms with Gasteiger partial charge in [-0.2, -0.15) is 0 Å². The second kappa shape index (κ2) is 3.89. The summed E-state index contributed by atoms with van der Waals surface area (Å²) in [6.07, 6.45) is 6.37. The van der Waals surface area contributed by atoms with Crippen LogP contribution in [0, 0.1) is 11.8 Å². The largest absolute Gasteiger partial charge is 0.299 e. The van der Waals surface area contributed by atoms with Gasteiger partial charge in [0.2, 0.25) is 0 Å². The number of allylic oxidation sites excluding steroid dienone is 1. The molecule has 2 aliphatic rings. The van der Waals surface area contributed by atoms with Crippen molar-refractivity contribution in [3.8, 4) is 0 Å². The molecule has 2 atom stereocenters. The van der Waals surface area contributed by atoms with Gasteiger partial charge in [0.05, 0.1) is 0 Å². The summed E-state index contributed by atoms with van der Waals surface area (Å²) in [5, 5.41) is 0. The molecule has 0 amide bonds. The van der Waals surface area contributed by atoms with E-state index in [1.807, 2.05) is 6.07 Å². The van der Waals surface area contributed by atoms with E-state index >= 15 is 0 Å². The van der Waals surface area contributed by atoms with E-state index < -0.39 is 0 Å². The maximum atomic E-state index is 11.6. The van der Waals surface area contributed by atoms with Gasteiger partial charge in [0.15, 0.2) is 0 Å². The first-order valence-electron chi connectivity index (χ1n) is 6.10. The molecule has 0 spiro atoms. The summed E-state index contributed by atoms with van der Waals surface area (Å²) in [4.78, 5) is 11.6. The fraction of sp³-hybridized carbons (Fsp3) is 0.400. The number of rotatable bonds is 1. The third-order valence-electron chi connectivity index (χ3n) is 3.92. The molecule has 1 aromatic rings. The molecule has 0 aromatic heterocycles. The lowest BCUT2D eigenvalue weighted by molar-refractivity contribution is -0.120. The molecular weight excluding hydrogens is 196 g/mol. The average molecular weight is 212 g/mol. The molecule has 1 heteroatoms. The van der Waals surface area contributed by atoms with Gasteiger partial charge in [-0.3, -0.25) is 4.79 Å². The van der Waals surface area contributed by atoms with Crippen molar-refractivity contribution < 1.29 is 4.79 Å². The van der Waals surface area contributed by atoms with Crippen LogP contribution in [0.25, 0.3) is 6.08 Å². The molecule has 0 saturated heterocycles. The van der Waals surface area contributed by atoms with Crippen LogP contribution in [0.3, 0.4) is 0 Å². The van der Waals surface area contributed by atoms with Crippen molar-refractivity contribution in [2.75, 3.05) is 0 Å². The van der Waals surface area contributed by atoms with E-state index in [-0.39, 0.29) is 0 Å². The maximum Gasteiger partial charge on any atom is 0.136 e. The van der Waals surface area contributed by atoms with Crippen LogP contribution in [-0.2, 0) is 4.79 Å². The standard InChI is InChI=1S/C15H16O/c16-15-7-6-13-9-12(10-14(13)15)8-11-4-2-1-3-5-11/h1-5,8,13-14H,6-7,9-10H2/b12-8+. The van der Waals surface area contributed by atoms with Gasteiger partial charge in [-0.15, -0.1) is 0 Å². The van der Waals surface area contributed by atoms with Gasteiger partial charge in [-0.1, -0.05) is 42.0 Å². The zero-order valence-corrected chi connectivity index (χ0v) is 9.36. The summed E-state index contributed by atoms with van der Waals surface area (Å²) in [7, 11) is 0. The van der Waals surface area contributed by atoms with E-state index in [0.717, 1.165) is 25.7 Å².